The van der Waals surface area contributed by atoms with Gasteiger partial charge in [-0.3, -0.25) is 0 Å². The zero-order chi connectivity index (χ0) is 12.3. The van der Waals surface area contributed by atoms with Crippen LogP contribution in [-0.2, 0) is 6.54 Å². The Balaban J connectivity index is 2.34. The van der Waals surface area contributed by atoms with Crippen molar-refractivity contribution in [3.05, 3.63) is 52.4 Å². The van der Waals surface area contributed by atoms with Crippen molar-refractivity contribution in [3.8, 4) is 11.6 Å². The number of hydrogen-bond donors (Lipinski definition) is 1. The van der Waals surface area contributed by atoms with Crippen LogP contribution in [-0.4, -0.2) is 4.98 Å². The number of para-hydroxylation sites is 1. The summed E-state index contributed by atoms with van der Waals surface area (Å²) in [6.45, 7) is 0.112. The van der Waals surface area contributed by atoms with E-state index in [4.69, 9.17) is 10.5 Å². The third-order valence-electron chi connectivity index (χ3n) is 2.20. The standard InChI is InChI=1S/C12H10BrFN2O/c13-9-3-1-2-4-10(9)17-12-11(14)8(7-15)5-6-16-12/h1-6H,7,15H2. The Bertz CT molecular complexity index is 534. The van der Waals surface area contributed by atoms with Crippen LogP contribution in [0.25, 0.3) is 0 Å². The number of nitrogens with two attached hydrogens (primary N) is 1. The summed E-state index contributed by atoms with van der Waals surface area (Å²) in [7, 11) is 0. The van der Waals surface area contributed by atoms with E-state index in [0.29, 0.717) is 11.3 Å². The lowest BCUT2D eigenvalue weighted by molar-refractivity contribution is 0.417. The molecule has 0 radical (unpaired) electrons. The van der Waals surface area contributed by atoms with Crippen molar-refractivity contribution in [2.75, 3.05) is 0 Å². The lowest BCUT2D eigenvalue weighted by Gasteiger charge is -2.08. The molecule has 0 amide bonds. The van der Waals surface area contributed by atoms with Crippen LogP contribution in [0.15, 0.2) is 41.0 Å². The van der Waals surface area contributed by atoms with Gasteiger partial charge in [-0.2, -0.15) is 0 Å². The van der Waals surface area contributed by atoms with E-state index >= 15 is 0 Å². The van der Waals surface area contributed by atoms with Crippen molar-refractivity contribution >= 4 is 15.9 Å². The Morgan fingerprint density at radius 2 is 2.06 bits per heavy atom. The first-order valence-corrected chi connectivity index (χ1v) is 5.77. The van der Waals surface area contributed by atoms with Crippen molar-refractivity contribution in [2.45, 2.75) is 6.54 Å². The zero-order valence-corrected chi connectivity index (χ0v) is 10.4. The first-order valence-electron chi connectivity index (χ1n) is 4.98. The molecule has 88 valence electrons. The van der Waals surface area contributed by atoms with Crippen molar-refractivity contribution in [3.63, 3.8) is 0 Å². The molecule has 0 atom stereocenters. The van der Waals surface area contributed by atoms with E-state index in [9.17, 15) is 4.39 Å². The van der Waals surface area contributed by atoms with Crippen LogP contribution in [0.5, 0.6) is 11.6 Å². The molecule has 0 saturated heterocycles. The van der Waals surface area contributed by atoms with E-state index in [2.05, 4.69) is 20.9 Å². The van der Waals surface area contributed by atoms with Gasteiger partial charge in [0.1, 0.15) is 5.75 Å². The molecule has 17 heavy (non-hydrogen) atoms. The molecule has 1 aromatic heterocycles. The van der Waals surface area contributed by atoms with Gasteiger partial charge in [-0.15, -0.1) is 0 Å². The Kier molecular flexibility index (Phi) is 3.71. The van der Waals surface area contributed by atoms with Gasteiger partial charge in [0.25, 0.3) is 5.88 Å². The lowest BCUT2D eigenvalue weighted by Crippen LogP contribution is -2.02. The second kappa shape index (κ2) is 5.25. The highest BCUT2D eigenvalue weighted by Crippen LogP contribution is 2.30. The van der Waals surface area contributed by atoms with E-state index in [0.717, 1.165) is 4.47 Å². The van der Waals surface area contributed by atoms with Crippen LogP contribution in [0.4, 0.5) is 4.39 Å². The quantitative estimate of drug-likeness (QED) is 0.946. The number of halogens is 2. The summed E-state index contributed by atoms with van der Waals surface area (Å²) in [5, 5.41) is 0. The molecule has 3 nitrogen and oxygen atoms in total. The maximum absolute atomic E-state index is 13.8. The Morgan fingerprint density at radius 1 is 1.29 bits per heavy atom. The maximum atomic E-state index is 13.8. The highest BCUT2D eigenvalue weighted by Gasteiger charge is 2.11. The largest absolute Gasteiger partial charge is 0.435 e. The minimum Gasteiger partial charge on any atom is -0.435 e. The topological polar surface area (TPSA) is 48.1 Å². The Labute approximate surface area is 107 Å². The summed E-state index contributed by atoms with van der Waals surface area (Å²) in [6.07, 6.45) is 1.47. The molecule has 1 aromatic carbocycles. The molecule has 0 aliphatic carbocycles. The summed E-state index contributed by atoms with van der Waals surface area (Å²) in [4.78, 5) is 3.85. The van der Waals surface area contributed by atoms with Crippen molar-refractivity contribution in [1.82, 2.24) is 4.98 Å². The first-order chi connectivity index (χ1) is 8.22. The fourth-order valence-corrected chi connectivity index (χ4v) is 1.69. The zero-order valence-electron chi connectivity index (χ0n) is 8.86. The number of nitrogens with zero attached hydrogens (tertiary/aromatic N) is 1. The van der Waals surface area contributed by atoms with Crippen molar-refractivity contribution in [2.24, 2.45) is 5.73 Å². The molecule has 2 rings (SSSR count). The summed E-state index contributed by atoms with van der Waals surface area (Å²) in [5.41, 5.74) is 5.79. The molecule has 0 spiro atoms. The van der Waals surface area contributed by atoms with E-state index in [1.165, 1.54) is 12.3 Å². The van der Waals surface area contributed by atoms with E-state index < -0.39 is 5.82 Å². The first kappa shape index (κ1) is 12.0. The summed E-state index contributed by atoms with van der Waals surface area (Å²) < 4.78 is 19.9. The Hall–Kier alpha value is -1.46. The number of hydrogen-bond acceptors (Lipinski definition) is 3. The predicted molar refractivity (Wildman–Crippen MR) is 66.3 cm³/mol. The molecule has 0 unspecified atom stereocenters. The molecule has 0 saturated carbocycles. The van der Waals surface area contributed by atoms with E-state index in [1.807, 2.05) is 6.07 Å². The van der Waals surface area contributed by atoms with Gasteiger partial charge in [-0.25, -0.2) is 9.37 Å². The summed E-state index contributed by atoms with van der Waals surface area (Å²) >= 11 is 3.31. The van der Waals surface area contributed by atoms with Crippen LogP contribution in [0.2, 0.25) is 0 Å². The number of benzene rings is 1. The molecular formula is C12H10BrFN2O. The number of ether oxygens (including phenoxy) is 1. The van der Waals surface area contributed by atoms with Crippen LogP contribution >= 0.6 is 15.9 Å². The average molecular weight is 297 g/mol. The second-order valence-electron chi connectivity index (χ2n) is 3.33. The molecule has 1 heterocycles. The lowest BCUT2D eigenvalue weighted by atomic mass is 10.2. The number of pyridine rings is 1. The van der Waals surface area contributed by atoms with Crippen molar-refractivity contribution < 1.29 is 9.13 Å². The number of rotatable bonds is 3. The third kappa shape index (κ3) is 2.62. The molecular weight excluding hydrogens is 287 g/mol. The minimum absolute atomic E-state index is 0.0696. The van der Waals surface area contributed by atoms with Crippen LogP contribution < -0.4 is 10.5 Å². The third-order valence-corrected chi connectivity index (χ3v) is 2.86. The molecule has 5 heteroatoms. The van der Waals surface area contributed by atoms with Crippen LogP contribution in [0.1, 0.15) is 5.56 Å². The minimum atomic E-state index is -0.522. The van der Waals surface area contributed by atoms with Gasteiger partial charge in [-0.05, 0) is 34.1 Å². The molecule has 2 aromatic rings. The smallest absolute Gasteiger partial charge is 0.256 e. The molecule has 0 aliphatic rings. The molecule has 0 fully saturated rings. The van der Waals surface area contributed by atoms with E-state index in [-0.39, 0.29) is 12.4 Å². The SMILES string of the molecule is NCc1ccnc(Oc2ccccc2Br)c1F. The van der Waals surface area contributed by atoms with Gasteiger partial charge >= 0.3 is 0 Å². The summed E-state index contributed by atoms with van der Waals surface area (Å²) in [5.74, 6) is -0.0846. The van der Waals surface area contributed by atoms with Gasteiger partial charge in [0.15, 0.2) is 5.82 Å². The Morgan fingerprint density at radius 3 is 2.76 bits per heavy atom. The molecule has 0 aliphatic heterocycles. The van der Waals surface area contributed by atoms with Gasteiger partial charge in [0.05, 0.1) is 4.47 Å². The normalized spacial score (nSPS) is 10.3. The fraction of sp³-hybridized carbons (Fsp3) is 0.0833. The predicted octanol–water partition coefficient (Wildman–Crippen LogP) is 3.23. The van der Waals surface area contributed by atoms with Crippen LogP contribution in [0, 0.1) is 5.82 Å². The monoisotopic (exact) mass is 296 g/mol. The fourth-order valence-electron chi connectivity index (χ4n) is 1.32. The average Bonchev–Trinajstić information content (AvgIpc) is 2.34. The van der Waals surface area contributed by atoms with Gasteiger partial charge in [0.2, 0.25) is 0 Å². The van der Waals surface area contributed by atoms with Crippen molar-refractivity contribution in [1.29, 1.82) is 0 Å². The molecule has 0 bridgehead atoms. The highest BCUT2D eigenvalue weighted by molar-refractivity contribution is 9.10. The van der Waals surface area contributed by atoms with Gasteiger partial charge in [0, 0.05) is 18.3 Å². The highest BCUT2D eigenvalue weighted by atomic mass is 79.9. The van der Waals surface area contributed by atoms with Crippen LogP contribution in [0.3, 0.4) is 0 Å². The second-order valence-corrected chi connectivity index (χ2v) is 4.18. The van der Waals surface area contributed by atoms with E-state index in [1.54, 1.807) is 18.2 Å². The molecule has 2 N–H and O–H groups in total. The number of aromatic nitrogens is 1. The van der Waals surface area contributed by atoms with Gasteiger partial charge < -0.3 is 10.5 Å². The maximum Gasteiger partial charge on any atom is 0.256 e. The van der Waals surface area contributed by atoms with Gasteiger partial charge in [-0.1, -0.05) is 12.1 Å². The summed E-state index contributed by atoms with van der Waals surface area (Å²) in [6, 6.07) is 8.70.